The number of aromatic nitrogens is 1. The molecule has 0 fully saturated rings. The predicted octanol–water partition coefficient (Wildman–Crippen LogP) is 7.52. The first kappa shape index (κ1) is 24.7. The monoisotopic (exact) mass is 443 g/mol. The fourth-order valence-electron chi connectivity index (χ4n) is 4.15. The van der Waals surface area contributed by atoms with E-state index in [-0.39, 0.29) is 12.0 Å². The van der Waals surface area contributed by atoms with Crippen molar-refractivity contribution in [1.29, 1.82) is 0 Å². The number of nitrogens with zero attached hydrogens (tertiary/aromatic N) is 1. The Morgan fingerprint density at radius 3 is 2.48 bits per heavy atom. The lowest BCUT2D eigenvalue weighted by Gasteiger charge is -2.21. The van der Waals surface area contributed by atoms with Crippen LogP contribution in [0.2, 0.25) is 0 Å². The van der Waals surface area contributed by atoms with E-state index in [0.717, 1.165) is 29.0 Å². The Morgan fingerprint density at radius 2 is 1.76 bits per heavy atom. The van der Waals surface area contributed by atoms with Crippen molar-refractivity contribution < 1.29 is 9.47 Å². The molecule has 0 saturated heterocycles. The van der Waals surface area contributed by atoms with Crippen molar-refractivity contribution in [2.75, 3.05) is 13.7 Å². The maximum absolute atomic E-state index is 5.99. The molecule has 33 heavy (non-hydrogen) atoms. The fraction of sp³-hybridized carbons (Fsp3) is 0.367. The van der Waals surface area contributed by atoms with Crippen LogP contribution in [0.4, 0.5) is 0 Å². The van der Waals surface area contributed by atoms with E-state index in [1.807, 2.05) is 19.9 Å². The van der Waals surface area contributed by atoms with Gasteiger partial charge in [0.15, 0.2) is 0 Å². The molecule has 3 rings (SSSR count). The Labute approximate surface area is 199 Å². The summed E-state index contributed by atoms with van der Waals surface area (Å²) in [7, 11) is 1.67. The van der Waals surface area contributed by atoms with E-state index in [4.69, 9.17) is 14.5 Å². The van der Waals surface area contributed by atoms with Gasteiger partial charge in [-0.25, -0.2) is 4.98 Å². The van der Waals surface area contributed by atoms with Crippen LogP contribution in [0.3, 0.4) is 0 Å². The van der Waals surface area contributed by atoms with E-state index in [0.29, 0.717) is 6.61 Å². The molecule has 0 radical (unpaired) electrons. The Hall–Kier alpha value is -2.91. The number of aryl methyl sites for hydroxylation is 3. The molecule has 2 unspecified atom stereocenters. The third kappa shape index (κ3) is 6.33. The number of hydrogen-bond acceptors (Lipinski definition) is 3. The normalized spacial score (nSPS) is 13.7. The van der Waals surface area contributed by atoms with Crippen LogP contribution in [-0.4, -0.2) is 24.8 Å². The molecule has 0 aliphatic heterocycles. The highest BCUT2D eigenvalue weighted by molar-refractivity contribution is 5.83. The number of benzene rings is 2. The molecule has 0 aliphatic rings. The molecule has 3 heteroatoms. The lowest BCUT2D eigenvalue weighted by Crippen LogP contribution is -2.14. The highest BCUT2D eigenvalue weighted by Crippen LogP contribution is 2.31. The zero-order valence-electron chi connectivity index (χ0n) is 21.2. The smallest absolute Gasteiger partial charge is 0.0910 e. The number of allylic oxidation sites excluding steroid dienone is 1. The highest BCUT2D eigenvalue weighted by Gasteiger charge is 2.16. The zero-order valence-corrected chi connectivity index (χ0v) is 21.2. The lowest BCUT2D eigenvalue weighted by atomic mass is 9.87. The molecule has 0 spiro atoms. The Balaban J connectivity index is 1.84. The van der Waals surface area contributed by atoms with Gasteiger partial charge in [0.25, 0.3) is 0 Å². The standard InChI is InChI=1S/C30H37NO2/c1-19-9-10-26-11-12-29(31-30(26)15-19)28-14-20(2)13-22(4)27(28)16-21(3)23(5)18-33-25(7)17-24(6)32-8/h9-15,17,21,25H,5,16,18H2,1-4,6-8H3/b24-17-. The molecule has 3 nitrogen and oxygen atoms in total. The number of ether oxygens (including phenoxy) is 2. The second kappa shape index (κ2) is 10.8. The van der Waals surface area contributed by atoms with Crippen molar-refractivity contribution in [1.82, 2.24) is 4.98 Å². The number of fused-ring (bicyclic) bond motifs is 1. The third-order valence-corrected chi connectivity index (χ3v) is 6.27. The van der Waals surface area contributed by atoms with E-state index in [9.17, 15) is 0 Å². The first-order valence-corrected chi connectivity index (χ1v) is 11.7. The van der Waals surface area contributed by atoms with Gasteiger partial charge < -0.3 is 9.47 Å². The summed E-state index contributed by atoms with van der Waals surface area (Å²) in [6.45, 7) is 17.5. The maximum Gasteiger partial charge on any atom is 0.0910 e. The Bertz CT molecular complexity index is 1180. The van der Waals surface area contributed by atoms with Crippen LogP contribution in [0.1, 0.15) is 43.0 Å². The topological polar surface area (TPSA) is 31.4 Å². The van der Waals surface area contributed by atoms with Crippen molar-refractivity contribution >= 4 is 10.9 Å². The van der Waals surface area contributed by atoms with Gasteiger partial charge in [-0.2, -0.15) is 0 Å². The zero-order chi connectivity index (χ0) is 24.1. The van der Waals surface area contributed by atoms with Gasteiger partial charge in [0, 0.05) is 10.9 Å². The lowest BCUT2D eigenvalue weighted by molar-refractivity contribution is 0.109. The average Bonchev–Trinajstić information content (AvgIpc) is 2.78. The third-order valence-electron chi connectivity index (χ3n) is 6.27. The molecule has 1 heterocycles. The summed E-state index contributed by atoms with van der Waals surface area (Å²) in [6, 6.07) is 15.3. The predicted molar refractivity (Wildman–Crippen MR) is 140 cm³/mol. The molecule has 0 N–H and O–H groups in total. The van der Waals surface area contributed by atoms with E-state index in [1.54, 1.807) is 7.11 Å². The van der Waals surface area contributed by atoms with Crippen LogP contribution in [-0.2, 0) is 15.9 Å². The second-order valence-electron chi connectivity index (χ2n) is 9.26. The van der Waals surface area contributed by atoms with Crippen molar-refractivity contribution in [3.8, 4) is 11.3 Å². The van der Waals surface area contributed by atoms with Gasteiger partial charge in [-0.05, 0) is 93.5 Å². The van der Waals surface area contributed by atoms with Crippen molar-refractivity contribution in [3.05, 3.63) is 88.7 Å². The minimum absolute atomic E-state index is 0.0178. The van der Waals surface area contributed by atoms with Crippen LogP contribution < -0.4 is 0 Å². The maximum atomic E-state index is 5.99. The Morgan fingerprint density at radius 1 is 1.03 bits per heavy atom. The average molecular weight is 444 g/mol. The van der Waals surface area contributed by atoms with E-state index < -0.39 is 0 Å². The van der Waals surface area contributed by atoms with Gasteiger partial charge in [0.2, 0.25) is 0 Å². The number of pyridine rings is 1. The summed E-state index contributed by atoms with van der Waals surface area (Å²) < 4.78 is 11.2. The van der Waals surface area contributed by atoms with Gasteiger partial charge in [0.1, 0.15) is 0 Å². The molecule has 2 atom stereocenters. The summed E-state index contributed by atoms with van der Waals surface area (Å²) in [5.41, 5.74) is 9.47. The summed E-state index contributed by atoms with van der Waals surface area (Å²) in [5, 5.41) is 1.17. The second-order valence-corrected chi connectivity index (χ2v) is 9.26. The van der Waals surface area contributed by atoms with Crippen molar-refractivity contribution in [2.45, 2.75) is 54.1 Å². The number of hydrogen-bond donors (Lipinski definition) is 0. The molecule has 1 aromatic heterocycles. The fourth-order valence-corrected chi connectivity index (χ4v) is 4.15. The van der Waals surface area contributed by atoms with Crippen LogP contribution in [0, 0.1) is 26.7 Å². The van der Waals surface area contributed by atoms with Gasteiger partial charge in [-0.3, -0.25) is 0 Å². The van der Waals surface area contributed by atoms with Gasteiger partial charge in [-0.1, -0.05) is 43.3 Å². The van der Waals surface area contributed by atoms with Crippen LogP contribution in [0.5, 0.6) is 0 Å². The largest absolute Gasteiger partial charge is 0.502 e. The highest BCUT2D eigenvalue weighted by atomic mass is 16.5. The summed E-state index contributed by atoms with van der Waals surface area (Å²) in [5.74, 6) is 1.15. The summed E-state index contributed by atoms with van der Waals surface area (Å²) in [4.78, 5) is 5.03. The van der Waals surface area contributed by atoms with E-state index in [2.05, 4.69) is 76.7 Å². The Kier molecular flexibility index (Phi) is 8.10. The van der Waals surface area contributed by atoms with Crippen LogP contribution in [0.15, 0.2) is 66.5 Å². The minimum Gasteiger partial charge on any atom is -0.502 e. The molecular weight excluding hydrogens is 406 g/mol. The van der Waals surface area contributed by atoms with Crippen molar-refractivity contribution in [2.24, 2.45) is 5.92 Å². The van der Waals surface area contributed by atoms with Crippen LogP contribution >= 0.6 is 0 Å². The quantitative estimate of drug-likeness (QED) is 0.253. The minimum atomic E-state index is -0.0178. The molecule has 0 bridgehead atoms. The van der Waals surface area contributed by atoms with Crippen molar-refractivity contribution in [3.63, 3.8) is 0 Å². The number of methoxy groups -OCH3 is 1. The van der Waals surface area contributed by atoms with Crippen LogP contribution in [0.25, 0.3) is 22.2 Å². The molecule has 2 aromatic carbocycles. The number of rotatable bonds is 9. The van der Waals surface area contributed by atoms with Gasteiger partial charge >= 0.3 is 0 Å². The van der Waals surface area contributed by atoms with E-state index >= 15 is 0 Å². The molecule has 0 saturated carbocycles. The summed E-state index contributed by atoms with van der Waals surface area (Å²) >= 11 is 0. The first-order chi connectivity index (χ1) is 15.7. The molecule has 0 aliphatic carbocycles. The van der Waals surface area contributed by atoms with E-state index in [1.165, 1.54) is 33.2 Å². The summed E-state index contributed by atoms with van der Waals surface area (Å²) in [6.07, 6.45) is 2.86. The molecular formula is C30H37NO2. The first-order valence-electron chi connectivity index (χ1n) is 11.7. The van der Waals surface area contributed by atoms with Gasteiger partial charge in [-0.15, -0.1) is 0 Å². The molecule has 174 valence electrons. The molecule has 3 aromatic rings. The molecule has 0 amide bonds. The van der Waals surface area contributed by atoms with Gasteiger partial charge in [0.05, 0.1) is 36.8 Å². The SMILES string of the molecule is C=C(COC(C)/C=C(/C)OC)C(C)Cc1c(C)cc(C)cc1-c1ccc2ccc(C)cc2n1.